The molecular weight excluding hydrogens is 351 g/mol. The molecule has 1 heterocycles. The summed E-state index contributed by atoms with van der Waals surface area (Å²) >= 11 is 0. The fourth-order valence-corrected chi connectivity index (χ4v) is 2.44. The Morgan fingerprint density at radius 2 is 1.89 bits per heavy atom. The van der Waals surface area contributed by atoms with Gasteiger partial charge in [-0.05, 0) is 23.8 Å². The summed E-state index contributed by atoms with van der Waals surface area (Å²) in [6, 6.07) is 16.1. The molecule has 7 heteroatoms. The van der Waals surface area contributed by atoms with E-state index < -0.39 is 17.3 Å². The van der Waals surface area contributed by atoms with Gasteiger partial charge >= 0.3 is 5.97 Å². The van der Waals surface area contributed by atoms with Crippen molar-refractivity contribution in [3.8, 4) is 17.0 Å². The normalized spacial score (nSPS) is 10.4. The number of carbonyl (C=O) groups is 1. The van der Waals surface area contributed by atoms with Gasteiger partial charge in [-0.3, -0.25) is 9.59 Å². The van der Waals surface area contributed by atoms with E-state index >= 15 is 0 Å². The number of halogens is 1. The summed E-state index contributed by atoms with van der Waals surface area (Å²) in [6.07, 6.45) is 0. The zero-order valence-corrected chi connectivity index (χ0v) is 14.6. The third-order valence-electron chi connectivity index (χ3n) is 3.84. The van der Waals surface area contributed by atoms with Gasteiger partial charge in [0, 0.05) is 17.7 Å². The van der Waals surface area contributed by atoms with E-state index in [1.807, 2.05) is 30.3 Å². The molecule has 0 aliphatic carbocycles. The number of esters is 1. The van der Waals surface area contributed by atoms with Gasteiger partial charge in [0.15, 0.2) is 0 Å². The van der Waals surface area contributed by atoms with Gasteiger partial charge in [-0.15, -0.1) is 0 Å². The average Bonchev–Trinajstić information content (AvgIpc) is 2.69. The number of ether oxygens (including phenoxy) is 2. The van der Waals surface area contributed by atoms with Crippen LogP contribution in [0.3, 0.4) is 0 Å². The highest BCUT2D eigenvalue weighted by Crippen LogP contribution is 2.23. The topological polar surface area (TPSA) is 70.4 Å². The van der Waals surface area contributed by atoms with E-state index in [1.165, 1.54) is 31.4 Å². The second kappa shape index (κ2) is 8.27. The Kier molecular flexibility index (Phi) is 5.61. The number of carbonyl (C=O) groups excluding carboxylic acids is 1. The summed E-state index contributed by atoms with van der Waals surface area (Å²) in [5.74, 6) is -0.784. The Balaban J connectivity index is 1.75. The van der Waals surface area contributed by atoms with E-state index in [4.69, 9.17) is 9.47 Å². The lowest BCUT2D eigenvalue weighted by Gasteiger charge is -2.09. The molecule has 3 aromatic rings. The minimum Gasteiger partial charge on any atom is -0.497 e. The van der Waals surface area contributed by atoms with Crippen molar-refractivity contribution in [3.05, 3.63) is 82.4 Å². The lowest BCUT2D eigenvalue weighted by Crippen LogP contribution is -2.27. The van der Waals surface area contributed by atoms with Gasteiger partial charge in [0.25, 0.3) is 5.56 Å². The average molecular weight is 368 g/mol. The Morgan fingerprint density at radius 1 is 1.11 bits per heavy atom. The van der Waals surface area contributed by atoms with Crippen LogP contribution in [0, 0.1) is 5.82 Å². The highest BCUT2D eigenvalue weighted by Gasteiger charge is 2.12. The Hall–Kier alpha value is -3.48. The predicted molar refractivity (Wildman–Crippen MR) is 96.7 cm³/mol. The Morgan fingerprint density at radius 3 is 2.59 bits per heavy atom. The Bertz CT molecular complexity index is 1000. The maximum absolute atomic E-state index is 14.2. The highest BCUT2D eigenvalue weighted by atomic mass is 19.1. The van der Waals surface area contributed by atoms with E-state index in [0.717, 1.165) is 10.2 Å². The summed E-state index contributed by atoms with van der Waals surface area (Å²) in [4.78, 5) is 24.0. The zero-order chi connectivity index (χ0) is 19.2. The number of hydrogen-bond donors (Lipinski definition) is 0. The van der Waals surface area contributed by atoms with E-state index in [1.54, 1.807) is 6.07 Å². The van der Waals surface area contributed by atoms with E-state index in [0.29, 0.717) is 5.75 Å². The Labute approximate surface area is 154 Å². The summed E-state index contributed by atoms with van der Waals surface area (Å²) < 4.78 is 25.3. The summed E-state index contributed by atoms with van der Waals surface area (Å²) in [6.45, 7) is -0.265. The summed E-state index contributed by atoms with van der Waals surface area (Å²) in [5.41, 5.74) is 0.775. The van der Waals surface area contributed by atoms with Gasteiger partial charge in [0.2, 0.25) is 0 Å². The minimum atomic E-state index is -0.610. The number of aromatic nitrogens is 2. The molecule has 138 valence electrons. The molecule has 0 N–H and O–H groups in total. The second-order valence-corrected chi connectivity index (χ2v) is 5.71. The molecule has 0 bridgehead atoms. The first-order valence-corrected chi connectivity index (χ1v) is 8.18. The van der Waals surface area contributed by atoms with Crippen molar-refractivity contribution in [2.24, 2.45) is 0 Å². The molecule has 1 aromatic heterocycles. The standard InChI is InChI=1S/C20H17FN2O4/c1-26-15-7-8-16(17(21)11-15)18-9-10-19(24)23(22-18)12-20(25)27-13-14-5-3-2-4-6-14/h2-11H,12-13H2,1H3. The van der Waals surface area contributed by atoms with E-state index in [2.05, 4.69) is 5.10 Å². The third kappa shape index (κ3) is 4.58. The molecule has 0 fully saturated rings. The molecule has 6 nitrogen and oxygen atoms in total. The molecular formula is C20H17FN2O4. The number of nitrogens with zero attached hydrogens (tertiary/aromatic N) is 2. The smallest absolute Gasteiger partial charge is 0.328 e. The first-order valence-electron chi connectivity index (χ1n) is 8.18. The van der Waals surface area contributed by atoms with E-state index in [-0.39, 0.29) is 24.4 Å². The van der Waals surface area contributed by atoms with Gasteiger partial charge in [0.05, 0.1) is 12.8 Å². The molecule has 0 amide bonds. The molecule has 0 radical (unpaired) electrons. The fourth-order valence-electron chi connectivity index (χ4n) is 2.44. The van der Waals surface area contributed by atoms with Crippen molar-refractivity contribution in [3.63, 3.8) is 0 Å². The molecule has 0 aliphatic heterocycles. The minimum absolute atomic E-state index is 0.0984. The van der Waals surface area contributed by atoms with Crippen molar-refractivity contribution in [1.29, 1.82) is 0 Å². The van der Waals surface area contributed by atoms with Crippen LogP contribution in [0.2, 0.25) is 0 Å². The van der Waals surface area contributed by atoms with Gasteiger partial charge < -0.3 is 9.47 Å². The van der Waals surface area contributed by atoms with Crippen molar-refractivity contribution in [2.45, 2.75) is 13.2 Å². The largest absolute Gasteiger partial charge is 0.497 e. The summed E-state index contributed by atoms with van der Waals surface area (Å²) in [5, 5.41) is 4.08. The lowest BCUT2D eigenvalue weighted by molar-refractivity contribution is -0.146. The molecule has 0 unspecified atom stereocenters. The van der Waals surface area contributed by atoms with Crippen LogP contribution in [0.5, 0.6) is 5.75 Å². The number of hydrogen-bond acceptors (Lipinski definition) is 5. The maximum atomic E-state index is 14.2. The third-order valence-corrected chi connectivity index (χ3v) is 3.84. The predicted octanol–water partition coefficient (Wildman–Crippen LogP) is 2.80. The number of rotatable bonds is 6. The fraction of sp³-hybridized carbons (Fsp3) is 0.150. The van der Waals surface area contributed by atoms with Gasteiger partial charge in [-0.2, -0.15) is 5.10 Å². The number of benzene rings is 2. The molecule has 0 atom stereocenters. The van der Waals surface area contributed by atoms with Crippen molar-refractivity contribution < 1.29 is 18.7 Å². The SMILES string of the molecule is COc1ccc(-c2ccc(=O)n(CC(=O)OCc3ccccc3)n2)c(F)c1. The van der Waals surface area contributed by atoms with Crippen molar-refractivity contribution in [1.82, 2.24) is 9.78 Å². The molecule has 0 spiro atoms. The molecule has 27 heavy (non-hydrogen) atoms. The van der Waals surface area contributed by atoms with Crippen LogP contribution in [0.15, 0.2) is 65.5 Å². The van der Waals surface area contributed by atoms with Crippen LogP contribution >= 0.6 is 0 Å². The monoisotopic (exact) mass is 368 g/mol. The van der Waals surface area contributed by atoms with Crippen LogP contribution < -0.4 is 10.3 Å². The second-order valence-electron chi connectivity index (χ2n) is 5.71. The maximum Gasteiger partial charge on any atom is 0.328 e. The molecule has 0 saturated heterocycles. The van der Waals surface area contributed by atoms with Crippen molar-refractivity contribution in [2.75, 3.05) is 7.11 Å². The van der Waals surface area contributed by atoms with Crippen LogP contribution in [0.4, 0.5) is 4.39 Å². The molecule has 0 saturated carbocycles. The first-order chi connectivity index (χ1) is 13.1. The van der Waals surface area contributed by atoms with Crippen molar-refractivity contribution >= 4 is 5.97 Å². The lowest BCUT2D eigenvalue weighted by atomic mass is 10.1. The molecule has 2 aromatic carbocycles. The molecule has 3 rings (SSSR count). The van der Waals surface area contributed by atoms with Crippen LogP contribution in [0.1, 0.15) is 5.56 Å². The summed E-state index contributed by atoms with van der Waals surface area (Å²) in [7, 11) is 1.44. The highest BCUT2D eigenvalue weighted by molar-refractivity contribution is 5.69. The van der Waals surface area contributed by atoms with Crippen LogP contribution in [0.25, 0.3) is 11.3 Å². The van der Waals surface area contributed by atoms with Gasteiger partial charge in [-0.1, -0.05) is 30.3 Å². The van der Waals surface area contributed by atoms with Gasteiger partial charge in [-0.25, -0.2) is 9.07 Å². The number of methoxy groups -OCH3 is 1. The van der Waals surface area contributed by atoms with Gasteiger partial charge in [0.1, 0.15) is 24.7 Å². The van der Waals surface area contributed by atoms with Crippen LogP contribution in [-0.2, 0) is 22.7 Å². The van der Waals surface area contributed by atoms with Crippen LogP contribution in [-0.4, -0.2) is 22.9 Å². The van der Waals surface area contributed by atoms with E-state index in [9.17, 15) is 14.0 Å². The zero-order valence-electron chi connectivity index (χ0n) is 14.6. The quantitative estimate of drug-likeness (QED) is 0.626. The molecule has 0 aliphatic rings. The first kappa shape index (κ1) is 18.3.